The predicted octanol–water partition coefficient (Wildman–Crippen LogP) is 5.95. The van der Waals surface area contributed by atoms with Gasteiger partial charge in [0.25, 0.3) is 0 Å². The summed E-state index contributed by atoms with van der Waals surface area (Å²) in [5.74, 6) is -0.0367. The van der Waals surface area contributed by atoms with Crippen LogP contribution in [0.5, 0.6) is 0 Å². The molecule has 4 nitrogen and oxygen atoms in total. The van der Waals surface area contributed by atoms with E-state index in [0.29, 0.717) is 29.8 Å². The summed E-state index contributed by atoms with van der Waals surface area (Å²) in [5.41, 5.74) is 2.37. The Labute approximate surface area is 184 Å². The smallest absolute Gasteiger partial charge is 0.303 e. The second kappa shape index (κ2) is 11.4. The number of carboxylic acid groups (broad SMARTS) is 1. The third-order valence-corrected chi connectivity index (χ3v) is 6.05. The van der Waals surface area contributed by atoms with Crippen molar-refractivity contribution in [2.45, 2.75) is 51.4 Å². The number of unbranched alkanes of at least 4 members (excludes halogenated alkanes) is 3. The van der Waals surface area contributed by atoms with Crippen molar-refractivity contribution in [2.75, 3.05) is 0 Å². The quantitative estimate of drug-likeness (QED) is 0.361. The van der Waals surface area contributed by atoms with Gasteiger partial charge in [-0.3, -0.25) is 14.4 Å². The number of ketones is 2. The molecular formula is C27H30O4. The van der Waals surface area contributed by atoms with Gasteiger partial charge >= 0.3 is 5.97 Å². The largest absolute Gasteiger partial charge is 0.481 e. The summed E-state index contributed by atoms with van der Waals surface area (Å²) in [7, 11) is 0. The van der Waals surface area contributed by atoms with Gasteiger partial charge in [0.2, 0.25) is 0 Å². The lowest BCUT2D eigenvalue weighted by molar-refractivity contribution is -0.137. The number of carboxylic acids is 1. The summed E-state index contributed by atoms with van der Waals surface area (Å²) in [6.07, 6.45) is 10.4. The number of benzene rings is 2. The molecule has 0 heterocycles. The Morgan fingerprint density at radius 1 is 0.903 bits per heavy atom. The normalized spacial score (nSPS) is 18.5. The monoisotopic (exact) mass is 418 g/mol. The maximum absolute atomic E-state index is 12.5. The molecular weight excluding hydrogens is 388 g/mol. The third-order valence-electron chi connectivity index (χ3n) is 6.05. The zero-order valence-corrected chi connectivity index (χ0v) is 17.8. The van der Waals surface area contributed by atoms with E-state index < -0.39 is 5.97 Å². The van der Waals surface area contributed by atoms with Crippen molar-refractivity contribution >= 4 is 23.6 Å². The van der Waals surface area contributed by atoms with Crippen molar-refractivity contribution in [3.8, 4) is 0 Å². The van der Waals surface area contributed by atoms with Gasteiger partial charge in [-0.25, -0.2) is 0 Å². The van der Waals surface area contributed by atoms with Gasteiger partial charge in [0.05, 0.1) is 0 Å². The molecule has 0 bridgehead atoms. The molecule has 1 saturated carbocycles. The average molecular weight is 419 g/mol. The summed E-state index contributed by atoms with van der Waals surface area (Å²) in [5, 5.41) is 8.69. The molecule has 0 aromatic heterocycles. The van der Waals surface area contributed by atoms with E-state index in [2.05, 4.69) is 12.2 Å². The van der Waals surface area contributed by atoms with Crippen molar-refractivity contribution in [2.24, 2.45) is 11.8 Å². The highest BCUT2D eigenvalue weighted by atomic mass is 16.4. The van der Waals surface area contributed by atoms with Crippen molar-refractivity contribution in [3.05, 3.63) is 77.4 Å². The third kappa shape index (κ3) is 6.74. The first-order valence-corrected chi connectivity index (χ1v) is 11.2. The molecule has 0 spiro atoms. The fourth-order valence-corrected chi connectivity index (χ4v) is 4.27. The van der Waals surface area contributed by atoms with E-state index >= 15 is 0 Å². The van der Waals surface area contributed by atoms with E-state index in [9.17, 15) is 14.4 Å². The molecule has 2 unspecified atom stereocenters. The molecule has 0 aliphatic heterocycles. The topological polar surface area (TPSA) is 71.4 Å². The predicted molar refractivity (Wildman–Crippen MR) is 122 cm³/mol. The lowest BCUT2D eigenvalue weighted by Gasteiger charge is -2.14. The zero-order chi connectivity index (χ0) is 22.1. The van der Waals surface area contributed by atoms with Crippen LogP contribution in [0.3, 0.4) is 0 Å². The first-order valence-electron chi connectivity index (χ1n) is 11.2. The maximum Gasteiger partial charge on any atom is 0.303 e. The number of hydrogen-bond donors (Lipinski definition) is 1. The van der Waals surface area contributed by atoms with Crippen LogP contribution in [0.1, 0.15) is 72.9 Å². The summed E-state index contributed by atoms with van der Waals surface area (Å²) < 4.78 is 0. The van der Waals surface area contributed by atoms with E-state index in [0.717, 1.165) is 37.7 Å². The van der Waals surface area contributed by atoms with Crippen LogP contribution in [0.25, 0.3) is 6.08 Å². The number of allylic oxidation sites excluding steroid dienone is 1. The van der Waals surface area contributed by atoms with Gasteiger partial charge in [-0.15, -0.1) is 0 Å². The number of hydrogen-bond acceptors (Lipinski definition) is 3. The van der Waals surface area contributed by atoms with Gasteiger partial charge in [-0.1, -0.05) is 86.0 Å². The van der Waals surface area contributed by atoms with E-state index in [4.69, 9.17) is 5.11 Å². The molecule has 0 radical (unpaired) electrons. The Morgan fingerprint density at radius 3 is 2.29 bits per heavy atom. The van der Waals surface area contributed by atoms with Crippen LogP contribution in [-0.2, 0) is 9.59 Å². The molecule has 2 atom stereocenters. The maximum atomic E-state index is 12.5. The minimum atomic E-state index is -0.742. The molecule has 2 aromatic rings. The SMILES string of the molecule is O=C(O)CCCCCCC1C(=O)CCC1C=Cc1ccc(C(=O)c2ccccc2)cc1. The number of carbonyl (C=O) groups is 3. The van der Waals surface area contributed by atoms with Crippen LogP contribution in [0.2, 0.25) is 0 Å². The molecule has 0 saturated heterocycles. The van der Waals surface area contributed by atoms with Gasteiger partial charge in [-0.2, -0.15) is 0 Å². The van der Waals surface area contributed by atoms with Crippen molar-refractivity contribution in [3.63, 3.8) is 0 Å². The highest BCUT2D eigenvalue weighted by Gasteiger charge is 2.32. The molecule has 4 heteroatoms. The molecule has 0 amide bonds. The van der Waals surface area contributed by atoms with Crippen LogP contribution in [0, 0.1) is 11.8 Å². The van der Waals surface area contributed by atoms with Crippen molar-refractivity contribution in [1.29, 1.82) is 0 Å². The van der Waals surface area contributed by atoms with Crippen LogP contribution >= 0.6 is 0 Å². The molecule has 31 heavy (non-hydrogen) atoms. The van der Waals surface area contributed by atoms with Gasteiger partial charge in [-0.05, 0) is 30.7 Å². The van der Waals surface area contributed by atoms with E-state index in [1.54, 1.807) is 0 Å². The average Bonchev–Trinajstić information content (AvgIpc) is 3.14. The summed E-state index contributed by atoms with van der Waals surface area (Å²) in [6, 6.07) is 16.8. The van der Waals surface area contributed by atoms with Gasteiger partial charge in [0.15, 0.2) is 5.78 Å². The highest BCUT2D eigenvalue weighted by molar-refractivity contribution is 6.09. The number of Topliss-reactive ketones (excluding diaryl/α,β-unsaturated/α-hetero) is 1. The molecule has 1 fully saturated rings. The van der Waals surface area contributed by atoms with E-state index in [1.165, 1.54) is 0 Å². The van der Waals surface area contributed by atoms with Crippen molar-refractivity contribution < 1.29 is 19.5 Å². The molecule has 3 rings (SSSR count). The Morgan fingerprint density at radius 2 is 1.58 bits per heavy atom. The van der Waals surface area contributed by atoms with Crippen LogP contribution < -0.4 is 0 Å². The number of aliphatic carboxylic acids is 1. The Bertz CT molecular complexity index is 912. The van der Waals surface area contributed by atoms with Gasteiger partial charge < -0.3 is 5.11 Å². The standard InChI is InChI=1S/C27H30O4/c28-25-19-18-21(24(25)10-6-1-2-7-11-26(29)30)15-12-20-13-16-23(17-14-20)27(31)22-8-4-3-5-9-22/h3-5,8-9,12-17,21,24H,1-2,6-7,10-11,18-19H2,(H,29,30). The lowest BCUT2D eigenvalue weighted by Crippen LogP contribution is -2.13. The lowest BCUT2D eigenvalue weighted by atomic mass is 9.89. The Kier molecular flexibility index (Phi) is 8.34. The van der Waals surface area contributed by atoms with E-state index in [-0.39, 0.29) is 24.0 Å². The number of carbonyl (C=O) groups excluding carboxylic acids is 2. The fraction of sp³-hybridized carbons (Fsp3) is 0.370. The summed E-state index contributed by atoms with van der Waals surface area (Å²) >= 11 is 0. The van der Waals surface area contributed by atoms with Gasteiger partial charge in [0, 0.05) is 29.9 Å². The second-order valence-electron chi connectivity index (χ2n) is 8.30. The second-order valence-corrected chi connectivity index (χ2v) is 8.30. The first-order chi connectivity index (χ1) is 15.0. The fourth-order valence-electron chi connectivity index (χ4n) is 4.27. The van der Waals surface area contributed by atoms with E-state index in [1.807, 2.05) is 54.6 Å². The van der Waals surface area contributed by atoms with Crippen LogP contribution in [0.15, 0.2) is 60.7 Å². The van der Waals surface area contributed by atoms with Gasteiger partial charge in [0.1, 0.15) is 5.78 Å². The molecule has 1 aliphatic carbocycles. The highest BCUT2D eigenvalue weighted by Crippen LogP contribution is 2.34. The zero-order valence-electron chi connectivity index (χ0n) is 17.8. The molecule has 2 aromatic carbocycles. The Hall–Kier alpha value is -3.01. The summed E-state index contributed by atoms with van der Waals surface area (Å²) in [4.78, 5) is 35.4. The van der Waals surface area contributed by atoms with Crippen LogP contribution in [-0.4, -0.2) is 22.6 Å². The minimum absolute atomic E-state index is 0.0148. The van der Waals surface area contributed by atoms with Crippen molar-refractivity contribution in [1.82, 2.24) is 0 Å². The first kappa shape index (κ1) is 22.7. The Balaban J connectivity index is 1.52. The van der Waals surface area contributed by atoms with Crippen LogP contribution in [0.4, 0.5) is 0 Å². The minimum Gasteiger partial charge on any atom is -0.481 e. The molecule has 162 valence electrons. The molecule has 1 aliphatic rings. The summed E-state index contributed by atoms with van der Waals surface area (Å²) in [6.45, 7) is 0. The molecule has 1 N–H and O–H groups in total. The number of rotatable bonds is 11.